The van der Waals surface area contributed by atoms with Gasteiger partial charge in [0.25, 0.3) is 0 Å². The van der Waals surface area contributed by atoms with Gasteiger partial charge in [0.2, 0.25) is 0 Å². The quantitative estimate of drug-likeness (QED) is 0.767. The molecule has 0 saturated carbocycles. The molecule has 19 heavy (non-hydrogen) atoms. The zero-order chi connectivity index (χ0) is 13.1. The van der Waals surface area contributed by atoms with Crippen LogP contribution in [0.25, 0.3) is 0 Å². The lowest BCUT2D eigenvalue weighted by atomic mass is 10.0. The number of benzene rings is 2. The standard InChI is InChI=1S/C16H14N2S/c1-19-15-11-17-16(12-7-3-2-4-8-12)13-9-5-6-10-14(13)18-15/h2-10H,11H2,1H3. The van der Waals surface area contributed by atoms with Crippen LogP contribution in [0.1, 0.15) is 11.1 Å². The van der Waals surface area contributed by atoms with Crippen molar-refractivity contribution in [1.82, 2.24) is 0 Å². The molecule has 0 atom stereocenters. The van der Waals surface area contributed by atoms with Crippen LogP contribution in [-0.2, 0) is 0 Å². The number of hydrogen-bond donors (Lipinski definition) is 0. The Morgan fingerprint density at radius 2 is 1.68 bits per heavy atom. The Hall–Kier alpha value is -1.87. The van der Waals surface area contributed by atoms with E-state index in [1.807, 2.05) is 36.6 Å². The van der Waals surface area contributed by atoms with Crippen molar-refractivity contribution in [1.29, 1.82) is 0 Å². The minimum atomic E-state index is 0.653. The molecular formula is C16H14N2S. The summed E-state index contributed by atoms with van der Waals surface area (Å²) in [4.78, 5) is 9.45. The summed E-state index contributed by atoms with van der Waals surface area (Å²) in [5.74, 6) is 0. The number of hydrogen-bond acceptors (Lipinski definition) is 3. The minimum absolute atomic E-state index is 0.653. The Bertz CT molecular complexity index is 645. The van der Waals surface area contributed by atoms with Crippen molar-refractivity contribution >= 4 is 28.2 Å². The van der Waals surface area contributed by atoms with Crippen molar-refractivity contribution in [2.24, 2.45) is 9.98 Å². The van der Waals surface area contributed by atoms with Gasteiger partial charge >= 0.3 is 0 Å². The number of thioether (sulfide) groups is 1. The average Bonchev–Trinajstić information content (AvgIpc) is 2.67. The molecule has 3 rings (SSSR count). The highest BCUT2D eigenvalue weighted by atomic mass is 32.2. The fourth-order valence-electron chi connectivity index (χ4n) is 2.13. The van der Waals surface area contributed by atoms with Gasteiger partial charge in [-0.3, -0.25) is 4.99 Å². The van der Waals surface area contributed by atoms with E-state index in [0.29, 0.717) is 6.54 Å². The average molecular weight is 266 g/mol. The van der Waals surface area contributed by atoms with Crippen molar-refractivity contribution < 1.29 is 0 Å². The molecule has 0 unspecified atom stereocenters. The zero-order valence-corrected chi connectivity index (χ0v) is 11.5. The lowest BCUT2D eigenvalue weighted by Crippen LogP contribution is -2.04. The van der Waals surface area contributed by atoms with E-state index in [2.05, 4.69) is 24.3 Å². The fraction of sp³-hybridized carbons (Fsp3) is 0.125. The Labute approximate surface area is 117 Å². The van der Waals surface area contributed by atoms with Gasteiger partial charge in [0.1, 0.15) is 0 Å². The molecule has 2 aromatic carbocycles. The van der Waals surface area contributed by atoms with Crippen LogP contribution in [0.2, 0.25) is 0 Å². The van der Waals surface area contributed by atoms with Gasteiger partial charge in [-0.15, -0.1) is 11.8 Å². The number of para-hydroxylation sites is 1. The number of fused-ring (bicyclic) bond motifs is 1. The molecule has 3 heteroatoms. The Kier molecular flexibility index (Phi) is 3.47. The fourth-order valence-corrected chi connectivity index (χ4v) is 2.51. The summed E-state index contributed by atoms with van der Waals surface area (Å²) >= 11 is 1.66. The minimum Gasteiger partial charge on any atom is -0.277 e. The molecule has 0 radical (unpaired) electrons. The maximum Gasteiger partial charge on any atom is 0.0951 e. The van der Waals surface area contributed by atoms with Gasteiger partial charge in [-0.25, -0.2) is 4.99 Å². The van der Waals surface area contributed by atoms with E-state index in [1.165, 1.54) is 0 Å². The molecule has 1 aliphatic rings. The summed E-state index contributed by atoms with van der Waals surface area (Å²) in [6.07, 6.45) is 2.05. The predicted molar refractivity (Wildman–Crippen MR) is 84.0 cm³/mol. The third-order valence-electron chi connectivity index (χ3n) is 3.06. The molecule has 2 nitrogen and oxygen atoms in total. The van der Waals surface area contributed by atoms with Crippen LogP contribution in [0.3, 0.4) is 0 Å². The molecule has 2 aromatic rings. The third-order valence-corrected chi connectivity index (χ3v) is 3.75. The van der Waals surface area contributed by atoms with Crippen molar-refractivity contribution in [3.05, 3.63) is 65.7 Å². The second-order valence-corrected chi connectivity index (χ2v) is 5.14. The molecule has 1 heterocycles. The molecule has 0 saturated heterocycles. The van der Waals surface area contributed by atoms with Crippen LogP contribution >= 0.6 is 11.8 Å². The number of aliphatic imine (C=N–C) groups is 2. The van der Waals surface area contributed by atoms with Gasteiger partial charge in [-0.1, -0.05) is 48.5 Å². The molecule has 0 aromatic heterocycles. The van der Waals surface area contributed by atoms with E-state index in [4.69, 9.17) is 9.98 Å². The first-order chi connectivity index (χ1) is 9.38. The zero-order valence-electron chi connectivity index (χ0n) is 10.7. The highest BCUT2D eigenvalue weighted by Crippen LogP contribution is 2.26. The van der Waals surface area contributed by atoms with Gasteiger partial charge in [0.05, 0.1) is 23.0 Å². The van der Waals surface area contributed by atoms with Crippen molar-refractivity contribution in [2.75, 3.05) is 12.8 Å². The topological polar surface area (TPSA) is 24.7 Å². The first-order valence-corrected chi connectivity index (χ1v) is 7.42. The first kappa shape index (κ1) is 12.2. The summed E-state index contributed by atoms with van der Waals surface area (Å²) in [7, 11) is 0. The Morgan fingerprint density at radius 3 is 2.47 bits per heavy atom. The lowest BCUT2D eigenvalue weighted by Gasteiger charge is -2.07. The van der Waals surface area contributed by atoms with E-state index in [1.54, 1.807) is 11.8 Å². The van der Waals surface area contributed by atoms with Gasteiger partial charge < -0.3 is 0 Å². The highest BCUT2D eigenvalue weighted by molar-refractivity contribution is 8.13. The van der Waals surface area contributed by atoms with Crippen LogP contribution in [-0.4, -0.2) is 23.6 Å². The second-order valence-electron chi connectivity index (χ2n) is 4.26. The molecule has 0 aliphatic carbocycles. The van der Waals surface area contributed by atoms with Crippen molar-refractivity contribution in [3.63, 3.8) is 0 Å². The smallest absolute Gasteiger partial charge is 0.0951 e. The van der Waals surface area contributed by atoms with Gasteiger partial charge in [0.15, 0.2) is 0 Å². The van der Waals surface area contributed by atoms with Crippen molar-refractivity contribution in [3.8, 4) is 0 Å². The normalized spacial score (nSPS) is 14.2. The molecule has 0 amide bonds. The molecule has 1 aliphatic heterocycles. The second kappa shape index (κ2) is 5.41. The maximum atomic E-state index is 4.75. The Morgan fingerprint density at radius 1 is 0.947 bits per heavy atom. The first-order valence-electron chi connectivity index (χ1n) is 6.19. The molecule has 0 bridgehead atoms. The molecule has 0 spiro atoms. The lowest BCUT2D eigenvalue weighted by molar-refractivity contribution is 1.32. The van der Waals surface area contributed by atoms with Crippen LogP contribution in [0.4, 0.5) is 5.69 Å². The predicted octanol–water partition coefficient (Wildman–Crippen LogP) is 3.93. The molecular weight excluding hydrogens is 252 g/mol. The third kappa shape index (κ3) is 2.47. The summed E-state index contributed by atoms with van der Waals surface area (Å²) in [6, 6.07) is 18.5. The largest absolute Gasteiger partial charge is 0.277 e. The summed E-state index contributed by atoms with van der Waals surface area (Å²) < 4.78 is 0. The maximum absolute atomic E-state index is 4.75. The SMILES string of the molecule is CSC1=Nc2ccccc2C(c2ccccc2)=NC1. The summed E-state index contributed by atoms with van der Waals surface area (Å²) in [5, 5.41) is 1.05. The van der Waals surface area contributed by atoms with Crippen molar-refractivity contribution in [2.45, 2.75) is 0 Å². The van der Waals surface area contributed by atoms with E-state index < -0.39 is 0 Å². The monoisotopic (exact) mass is 266 g/mol. The van der Waals surface area contributed by atoms with E-state index in [-0.39, 0.29) is 0 Å². The summed E-state index contributed by atoms with van der Waals surface area (Å²) in [5.41, 5.74) is 4.29. The Balaban J connectivity index is 2.16. The van der Waals surface area contributed by atoms with E-state index >= 15 is 0 Å². The number of nitrogens with zero attached hydrogens (tertiary/aromatic N) is 2. The van der Waals surface area contributed by atoms with Gasteiger partial charge in [-0.2, -0.15) is 0 Å². The van der Waals surface area contributed by atoms with Gasteiger partial charge in [-0.05, 0) is 12.3 Å². The highest BCUT2D eigenvalue weighted by Gasteiger charge is 2.14. The molecule has 0 N–H and O–H groups in total. The van der Waals surface area contributed by atoms with Crippen LogP contribution < -0.4 is 0 Å². The number of rotatable bonds is 1. The van der Waals surface area contributed by atoms with E-state index in [9.17, 15) is 0 Å². The molecule has 94 valence electrons. The van der Waals surface area contributed by atoms with Crippen LogP contribution in [0.15, 0.2) is 64.6 Å². The van der Waals surface area contributed by atoms with Crippen LogP contribution in [0, 0.1) is 0 Å². The molecule has 0 fully saturated rings. The summed E-state index contributed by atoms with van der Waals surface area (Å²) in [6.45, 7) is 0.653. The van der Waals surface area contributed by atoms with E-state index in [0.717, 1.165) is 27.6 Å². The van der Waals surface area contributed by atoms with Gasteiger partial charge in [0, 0.05) is 11.1 Å². The van der Waals surface area contributed by atoms with Crippen LogP contribution in [0.5, 0.6) is 0 Å².